The number of nitrogens with zero attached hydrogens (tertiary/aromatic N) is 2. The van der Waals surface area contributed by atoms with Gasteiger partial charge in [-0.15, -0.1) is 0 Å². The molecule has 0 fully saturated rings. The summed E-state index contributed by atoms with van der Waals surface area (Å²) in [5.74, 6) is -0.302. The number of aromatic nitrogens is 2. The third-order valence-corrected chi connectivity index (χ3v) is 7.14. The molecule has 0 saturated heterocycles. The zero-order valence-electron chi connectivity index (χ0n) is 22.5. The number of rotatable bonds is 15. The van der Waals surface area contributed by atoms with Gasteiger partial charge in [0.2, 0.25) is 5.06 Å². The average Bonchev–Trinajstić information content (AvgIpc) is 3.43. The van der Waals surface area contributed by atoms with Crippen molar-refractivity contribution in [2.24, 2.45) is 0 Å². The quantitative estimate of drug-likeness (QED) is 0.145. The molecule has 0 aliphatic rings. The summed E-state index contributed by atoms with van der Waals surface area (Å²) in [6.45, 7) is 8.19. The Labute approximate surface area is 224 Å². The van der Waals surface area contributed by atoms with Gasteiger partial charge in [-0.3, -0.25) is 4.40 Å². The lowest BCUT2D eigenvalue weighted by Gasteiger charge is -2.13. The number of benzene rings is 1. The van der Waals surface area contributed by atoms with Crippen molar-refractivity contribution >= 4 is 28.4 Å². The van der Waals surface area contributed by atoms with Crippen molar-refractivity contribution in [1.29, 1.82) is 0 Å². The van der Waals surface area contributed by atoms with Gasteiger partial charge in [0.1, 0.15) is 6.10 Å². The molecule has 0 aliphatic heterocycles. The molecule has 7 nitrogen and oxygen atoms in total. The highest BCUT2D eigenvalue weighted by Crippen LogP contribution is 2.29. The molecule has 2 atom stereocenters. The molecule has 0 spiro atoms. The maximum Gasteiger partial charge on any atom is 0.514 e. The van der Waals surface area contributed by atoms with Gasteiger partial charge in [0, 0.05) is 11.8 Å². The normalized spacial score (nSPS) is 12.9. The maximum atomic E-state index is 12.5. The second-order valence-corrected chi connectivity index (χ2v) is 10.6. The number of esters is 1. The van der Waals surface area contributed by atoms with Crippen molar-refractivity contribution < 1.29 is 23.8 Å². The van der Waals surface area contributed by atoms with E-state index in [1.807, 2.05) is 36.6 Å². The molecule has 2 aromatic heterocycles. The molecule has 0 amide bonds. The van der Waals surface area contributed by atoms with E-state index in [9.17, 15) is 9.59 Å². The number of unbranched alkanes of at least 4 members (excludes halogenated alkanes) is 6. The average molecular weight is 529 g/mol. The molecule has 0 radical (unpaired) electrons. The van der Waals surface area contributed by atoms with E-state index in [0.29, 0.717) is 15.6 Å². The van der Waals surface area contributed by atoms with Gasteiger partial charge in [0.15, 0.2) is 4.96 Å². The van der Waals surface area contributed by atoms with Crippen molar-refractivity contribution in [3.63, 3.8) is 0 Å². The highest BCUT2D eigenvalue weighted by atomic mass is 32.1. The predicted molar refractivity (Wildman–Crippen MR) is 147 cm³/mol. The van der Waals surface area contributed by atoms with Gasteiger partial charge in [-0.25, -0.2) is 14.6 Å². The first-order valence-electron chi connectivity index (χ1n) is 13.6. The number of carbonyl (C=O) groups excluding carboxylic acids is 2. The van der Waals surface area contributed by atoms with E-state index >= 15 is 0 Å². The van der Waals surface area contributed by atoms with Crippen molar-refractivity contribution in [1.82, 2.24) is 9.38 Å². The fourth-order valence-electron chi connectivity index (χ4n) is 4.09. The van der Waals surface area contributed by atoms with Gasteiger partial charge in [0.05, 0.1) is 23.6 Å². The Kier molecular flexibility index (Phi) is 11.5. The van der Waals surface area contributed by atoms with Gasteiger partial charge in [-0.1, -0.05) is 75.8 Å². The predicted octanol–water partition coefficient (Wildman–Crippen LogP) is 8.45. The Morgan fingerprint density at radius 3 is 2.08 bits per heavy atom. The lowest BCUT2D eigenvalue weighted by molar-refractivity contribution is 0.0319. The molecule has 0 saturated carbocycles. The van der Waals surface area contributed by atoms with Crippen LogP contribution in [0, 0.1) is 0 Å². The molecule has 2 heterocycles. The molecule has 3 rings (SSSR count). The van der Waals surface area contributed by atoms with E-state index in [4.69, 9.17) is 14.2 Å². The zero-order valence-corrected chi connectivity index (χ0v) is 23.4. The molecule has 37 heavy (non-hydrogen) atoms. The fraction of sp³-hybridized carbons (Fsp3) is 0.552. The van der Waals surface area contributed by atoms with E-state index in [-0.39, 0.29) is 18.2 Å². The van der Waals surface area contributed by atoms with Gasteiger partial charge in [0.25, 0.3) is 0 Å². The molecule has 0 unspecified atom stereocenters. The zero-order chi connectivity index (χ0) is 26.6. The van der Waals surface area contributed by atoms with Crippen LogP contribution in [-0.2, 0) is 9.47 Å². The Bertz CT molecular complexity index is 1090. The van der Waals surface area contributed by atoms with E-state index in [0.717, 1.165) is 43.4 Å². The van der Waals surface area contributed by atoms with Gasteiger partial charge < -0.3 is 14.2 Å². The van der Waals surface area contributed by atoms with Crippen molar-refractivity contribution in [3.05, 3.63) is 42.2 Å². The molecule has 202 valence electrons. The molecular formula is C29H40N2O5S. The van der Waals surface area contributed by atoms with Crippen LogP contribution >= 0.6 is 11.3 Å². The van der Waals surface area contributed by atoms with Gasteiger partial charge in [-0.2, -0.15) is 0 Å². The minimum absolute atomic E-state index is 0.0911. The van der Waals surface area contributed by atoms with E-state index in [1.165, 1.54) is 43.4 Å². The van der Waals surface area contributed by atoms with Crippen LogP contribution in [0.25, 0.3) is 16.2 Å². The molecule has 1 aromatic carbocycles. The third-order valence-electron chi connectivity index (χ3n) is 6.27. The van der Waals surface area contributed by atoms with Gasteiger partial charge >= 0.3 is 12.1 Å². The number of imidazole rings is 1. The smallest absolute Gasteiger partial charge is 0.459 e. The van der Waals surface area contributed by atoms with Crippen LogP contribution < -0.4 is 4.74 Å². The standard InChI is InChI=1S/C29H40N2O5S/c1-5-7-9-11-13-21(3)34-27(32)24-17-15-23(16-18-24)25-19-31-20-26(37-28(31)30-25)36-29(33)35-22(4)14-12-10-8-6-2/h15-22H,5-14H2,1-4H3/t21-,22-/m0/s1. The monoisotopic (exact) mass is 528 g/mol. The third kappa shape index (κ3) is 9.18. The second kappa shape index (κ2) is 14.8. The molecule has 3 aromatic rings. The number of carbonyl (C=O) groups is 2. The maximum absolute atomic E-state index is 12.5. The lowest BCUT2D eigenvalue weighted by Crippen LogP contribution is -2.17. The van der Waals surface area contributed by atoms with Crippen LogP contribution in [0.5, 0.6) is 5.06 Å². The summed E-state index contributed by atoms with van der Waals surface area (Å²) < 4.78 is 18.1. The first-order chi connectivity index (χ1) is 17.9. The van der Waals surface area contributed by atoms with Crippen LogP contribution in [0.2, 0.25) is 0 Å². The summed E-state index contributed by atoms with van der Waals surface area (Å²) in [5.41, 5.74) is 2.18. The number of hydrogen-bond acceptors (Lipinski definition) is 7. The van der Waals surface area contributed by atoms with Crippen molar-refractivity contribution in [3.8, 4) is 16.3 Å². The molecule has 8 heteroatoms. The number of hydrogen-bond donors (Lipinski definition) is 0. The second-order valence-electron chi connectivity index (χ2n) is 9.64. The van der Waals surface area contributed by atoms with Crippen molar-refractivity contribution in [2.75, 3.05) is 0 Å². The Morgan fingerprint density at radius 2 is 1.49 bits per heavy atom. The van der Waals surface area contributed by atoms with Crippen molar-refractivity contribution in [2.45, 2.75) is 104 Å². The summed E-state index contributed by atoms with van der Waals surface area (Å²) in [6, 6.07) is 7.27. The SMILES string of the molecule is CCCCCC[C@H](C)OC(=O)Oc1cn2cc(-c3ccc(C(=O)O[C@@H](C)CCCCCC)cc3)nc2s1. The minimum atomic E-state index is -0.689. The fourth-order valence-corrected chi connectivity index (χ4v) is 4.90. The number of ether oxygens (including phenoxy) is 3. The van der Waals surface area contributed by atoms with E-state index in [2.05, 4.69) is 18.8 Å². The largest absolute Gasteiger partial charge is 0.514 e. The first kappa shape index (κ1) is 28.7. The highest BCUT2D eigenvalue weighted by Gasteiger charge is 2.16. The van der Waals surface area contributed by atoms with E-state index in [1.54, 1.807) is 18.3 Å². The van der Waals surface area contributed by atoms with Crippen LogP contribution in [-0.4, -0.2) is 33.7 Å². The molecule has 0 bridgehead atoms. The first-order valence-corrected chi connectivity index (χ1v) is 14.4. The molecular weight excluding hydrogens is 488 g/mol. The molecule has 0 aliphatic carbocycles. The number of fused-ring (bicyclic) bond motifs is 1. The summed E-state index contributed by atoms with van der Waals surface area (Å²) in [4.78, 5) is 29.9. The summed E-state index contributed by atoms with van der Waals surface area (Å²) in [6.07, 6.45) is 13.6. The van der Waals surface area contributed by atoms with Gasteiger partial charge in [-0.05, 0) is 51.7 Å². The van der Waals surface area contributed by atoms with Crippen LogP contribution in [0.3, 0.4) is 0 Å². The summed E-state index contributed by atoms with van der Waals surface area (Å²) in [5, 5.41) is 0.430. The minimum Gasteiger partial charge on any atom is -0.459 e. The van der Waals surface area contributed by atoms with Crippen LogP contribution in [0.4, 0.5) is 4.79 Å². The van der Waals surface area contributed by atoms with Crippen LogP contribution in [0.1, 0.15) is 102 Å². The topological polar surface area (TPSA) is 79.1 Å². The summed E-state index contributed by atoms with van der Waals surface area (Å²) >= 11 is 1.27. The highest BCUT2D eigenvalue weighted by molar-refractivity contribution is 7.18. The number of thiazole rings is 1. The Hall–Kier alpha value is -2.87. The Balaban J connectivity index is 1.50. The molecule has 0 N–H and O–H groups in total. The lowest BCUT2D eigenvalue weighted by atomic mass is 10.1. The summed E-state index contributed by atoms with van der Waals surface area (Å²) in [7, 11) is 0. The Morgan fingerprint density at radius 1 is 0.865 bits per heavy atom. The van der Waals surface area contributed by atoms with Crippen LogP contribution in [0.15, 0.2) is 36.7 Å². The van der Waals surface area contributed by atoms with E-state index < -0.39 is 6.16 Å².